The van der Waals surface area contributed by atoms with Crippen molar-refractivity contribution in [3.8, 4) is 0 Å². The number of rotatable bonds is 3. The van der Waals surface area contributed by atoms with Gasteiger partial charge in [-0.1, -0.05) is 0 Å². The highest BCUT2D eigenvalue weighted by atomic mass is 32.2. The lowest BCUT2D eigenvalue weighted by Gasteiger charge is -2.48. The van der Waals surface area contributed by atoms with Crippen LogP contribution in [-0.2, 0) is 25.5 Å². The first-order valence-electron chi connectivity index (χ1n) is 6.87. The van der Waals surface area contributed by atoms with Crippen LogP contribution in [0.1, 0.15) is 5.69 Å². The monoisotopic (exact) mass is 352 g/mol. The van der Waals surface area contributed by atoms with Gasteiger partial charge in [-0.25, -0.2) is 9.78 Å². The average molecular weight is 352 g/mol. The number of cyclic esters (lactones) is 1. The summed E-state index contributed by atoms with van der Waals surface area (Å²) in [5.41, 5.74) is 7.30. The van der Waals surface area contributed by atoms with Gasteiger partial charge in [0, 0.05) is 16.7 Å². The number of nitrogens with one attached hydrogen (secondary N) is 1. The molecule has 3 N–H and O–H groups in total. The molecule has 0 unspecified atom stereocenters. The summed E-state index contributed by atoms with van der Waals surface area (Å²) >= 11 is 2.79. The zero-order chi connectivity index (χ0) is 16.1. The van der Waals surface area contributed by atoms with Crippen LogP contribution < -0.4 is 11.1 Å². The van der Waals surface area contributed by atoms with E-state index in [1.54, 1.807) is 5.38 Å². The molecule has 4 rings (SSSR count). The van der Waals surface area contributed by atoms with Crippen molar-refractivity contribution in [1.82, 2.24) is 15.2 Å². The number of ether oxygens (including phenoxy) is 1. The van der Waals surface area contributed by atoms with Crippen molar-refractivity contribution in [2.45, 2.75) is 17.8 Å². The smallest absolute Gasteiger partial charge is 0.355 e. The van der Waals surface area contributed by atoms with Gasteiger partial charge < -0.3 is 15.8 Å². The molecule has 4 heterocycles. The summed E-state index contributed by atoms with van der Waals surface area (Å²) in [5, 5.41) is 4.58. The van der Waals surface area contributed by atoms with Gasteiger partial charge in [-0.15, -0.1) is 23.1 Å². The predicted octanol–water partition coefficient (Wildman–Crippen LogP) is -0.521. The Kier molecular flexibility index (Phi) is 3.31. The predicted molar refractivity (Wildman–Crippen MR) is 83.2 cm³/mol. The van der Waals surface area contributed by atoms with Gasteiger partial charge in [0.1, 0.15) is 23.7 Å². The molecule has 23 heavy (non-hydrogen) atoms. The number of fused-ring (bicyclic) bond motifs is 2. The number of hydrogen-bond acceptors (Lipinski definition) is 8. The number of nitrogens with zero attached hydrogens (tertiary/aromatic N) is 2. The highest BCUT2D eigenvalue weighted by molar-refractivity contribution is 8.00. The highest BCUT2D eigenvalue weighted by Gasteiger charge is 2.55. The maximum atomic E-state index is 12.3. The average Bonchev–Trinajstić information content (AvgIpc) is 3.10. The van der Waals surface area contributed by atoms with Crippen LogP contribution >= 0.6 is 23.1 Å². The summed E-state index contributed by atoms with van der Waals surface area (Å²) in [4.78, 5) is 41.5. The molecule has 3 aliphatic rings. The number of nitrogens with two attached hydrogens (primary N) is 1. The van der Waals surface area contributed by atoms with Crippen LogP contribution in [0.2, 0.25) is 0 Å². The lowest BCUT2D eigenvalue weighted by molar-refractivity contribution is -0.150. The van der Waals surface area contributed by atoms with Crippen LogP contribution in [0.4, 0.5) is 5.13 Å². The summed E-state index contributed by atoms with van der Waals surface area (Å²) in [6.07, 6.45) is 0.0743. The lowest BCUT2D eigenvalue weighted by atomic mass is 10.0. The Labute approximate surface area is 139 Å². The molecule has 1 aromatic heterocycles. The van der Waals surface area contributed by atoms with Crippen LogP contribution in [0, 0.1) is 0 Å². The Morgan fingerprint density at radius 1 is 1.52 bits per heavy atom. The van der Waals surface area contributed by atoms with Gasteiger partial charge in [0.2, 0.25) is 5.91 Å². The molecule has 0 aliphatic carbocycles. The van der Waals surface area contributed by atoms with Crippen molar-refractivity contribution in [1.29, 1.82) is 0 Å². The minimum Gasteiger partial charge on any atom is -0.456 e. The van der Waals surface area contributed by atoms with Crippen LogP contribution in [0.15, 0.2) is 16.7 Å². The maximum absolute atomic E-state index is 12.3. The van der Waals surface area contributed by atoms with E-state index in [2.05, 4.69) is 10.3 Å². The molecule has 8 nitrogen and oxygen atoms in total. The minimum atomic E-state index is -0.620. The standard InChI is InChI=1S/C13H12N4O4S2/c14-13-15-6(4-23-13)1-7(18)16-8-10(19)17-9-5(2-21-12(9)20)3-22-11(8)17/h4,8,11H,1-3H2,(H2,14,15)(H,16,18)/t8-,11-/m1/s1. The summed E-state index contributed by atoms with van der Waals surface area (Å²) in [5.74, 6) is -0.395. The van der Waals surface area contributed by atoms with Gasteiger partial charge in [-0.3, -0.25) is 14.5 Å². The van der Waals surface area contributed by atoms with Crippen LogP contribution in [0.25, 0.3) is 0 Å². The molecule has 0 spiro atoms. The van der Waals surface area contributed by atoms with Crippen LogP contribution in [0.5, 0.6) is 0 Å². The third-order valence-corrected chi connectivity index (χ3v) is 5.91. The molecule has 0 radical (unpaired) electrons. The molecule has 1 fully saturated rings. The van der Waals surface area contributed by atoms with E-state index in [-0.39, 0.29) is 30.2 Å². The summed E-state index contributed by atoms with van der Waals surface area (Å²) < 4.78 is 4.97. The topological polar surface area (TPSA) is 115 Å². The van der Waals surface area contributed by atoms with Gasteiger partial charge in [0.25, 0.3) is 5.91 Å². The minimum absolute atomic E-state index is 0.0743. The van der Waals surface area contributed by atoms with Gasteiger partial charge in [-0.05, 0) is 0 Å². The van der Waals surface area contributed by atoms with Gasteiger partial charge in [0.15, 0.2) is 5.13 Å². The van der Waals surface area contributed by atoms with Gasteiger partial charge in [-0.2, -0.15) is 0 Å². The third kappa shape index (κ3) is 2.29. The molecular formula is C13H12N4O4S2. The molecule has 1 saturated heterocycles. The number of nitrogen functional groups attached to an aromatic ring is 1. The number of hydrogen-bond donors (Lipinski definition) is 2. The van der Waals surface area contributed by atoms with E-state index in [4.69, 9.17) is 10.5 Å². The molecular weight excluding hydrogens is 340 g/mol. The Balaban J connectivity index is 1.43. The van der Waals surface area contributed by atoms with Crippen LogP contribution in [0.3, 0.4) is 0 Å². The fraction of sp³-hybridized carbons (Fsp3) is 0.385. The van der Waals surface area contributed by atoms with E-state index in [0.717, 1.165) is 5.57 Å². The third-order valence-electron chi connectivity index (χ3n) is 3.85. The normalized spacial score (nSPS) is 25.7. The first kappa shape index (κ1) is 14.5. The number of thiazole rings is 1. The Morgan fingerprint density at radius 3 is 3.09 bits per heavy atom. The molecule has 10 heteroatoms. The largest absolute Gasteiger partial charge is 0.456 e. The molecule has 0 aromatic carbocycles. The van der Waals surface area contributed by atoms with E-state index >= 15 is 0 Å². The summed E-state index contributed by atoms with van der Waals surface area (Å²) in [6, 6.07) is -0.620. The molecule has 0 saturated carbocycles. The second-order valence-electron chi connectivity index (χ2n) is 5.34. The number of carbonyl (C=O) groups is 3. The Morgan fingerprint density at radius 2 is 2.35 bits per heavy atom. The quantitative estimate of drug-likeness (QED) is 0.555. The number of β-lactam (4-membered cyclic amide) rings is 1. The fourth-order valence-electron chi connectivity index (χ4n) is 2.80. The van der Waals surface area contributed by atoms with E-state index in [1.165, 1.54) is 28.0 Å². The first-order chi connectivity index (χ1) is 11.0. The van der Waals surface area contributed by atoms with Crippen molar-refractivity contribution in [2.75, 3.05) is 18.1 Å². The number of thioether (sulfide) groups is 1. The summed E-state index contributed by atoms with van der Waals surface area (Å²) in [7, 11) is 0. The van der Waals surface area contributed by atoms with E-state index in [1.807, 2.05) is 0 Å². The zero-order valence-electron chi connectivity index (χ0n) is 11.8. The maximum Gasteiger partial charge on any atom is 0.355 e. The van der Waals surface area contributed by atoms with Crippen molar-refractivity contribution in [3.63, 3.8) is 0 Å². The molecule has 120 valence electrons. The lowest BCUT2D eigenvalue weighted by Crippen LogP contribution is -2.70. The first-order valence-corrected chi connectivity index (χ1v) is 8.80. The fourth-order valence-corrected chi connectivity index (χ4v) is 4.69. The molecule has 2 amide bonds. The second kappa shape index (κ2) is 5.24. The van der Waals surface area contributed by atoms with Crippen molar-refractivity contribution >= 4 is 46.0 Å². The highest BCUT2D eigenvalue weighted by Crippen LogP contribution is 2.42. The second-order valence-corrected chi connectivity index (χ2v) is 7.33. The van der Waals surface area contributed by atoms with Crippen molar-refractivity contribution < 1.29 is 19.1 Å². The van der Waals surface area contributed by atoms with E-state index in [9.17, 15) is 14.4 Å². The summed E-state index contributed by atoms with van der Waals surface area (Å²) in [6.45, 7) is 0.250. The molecule has 1 aromatic rings. The number of carbonyl (C=O) groups excluding carboxylic acids is 3. The Hall–Kier alpha value is -2.07. The van der Waals surface area contributed by atoms with Crippen LogP contribution in [-0.4, -0.2) is 51.4 Å². The van der Waals surface area contributed by atoms with E-state index < -0.39 is 12.0 Å². The van der Waals surface area contributed by atoms with Gasteiger partial charge >= 0.3 is 5.97 Å². The Bertz CT molecular complexity index is 759. The van der Waals surface area contributed by atoms with Crippen molar-refractivity contribution in [2.24, 2.45) is 0 Å². The van der Waals surface area contributed by atoms with Gasteiger partial charge in [0.05, 0.1) is 12.1 Å². The number of esters is 1. The number of aromatic nitrogens is 1. The SMILES string of the molecule is Nc1nc(CC(=O)N[C@@H]2C(=O)N3C4=C(COC4=O)CS[C@H]23)cs1. The van der Waals surface area contributed by atoms with E-state index in [0.29, 0.717) is 22.3 Å². The molecule has 0 bridgehead atoms. The molecule has 2 atom stereocenters. The number of amides is 2. The van der Waals surface area contributed by atoms with Crippen molar-refractivity contribution in [3.05, 3.63) is 22.3 Å². The zero-order valence-corrected chi connectivity index (χ0v) is 13.4. The molecule has 3 aliphatic heterocycles. The number of anilines is 1.